The van der Waals surface area contributed by atoms with E-state index in [9.17, 15) is 4.79 Å². The number of carbonyl (C=O) groups is 1. The van der Waals surface area contributed by atoms with E-state index in [4.69, 9.17) is 11.8 Å². The van der Waals surface area contributed by atoms with Crippen molar-refractivity contribution in [3.05, 3.63) is 19.4 Å². The van der Waals surface area contributed by atoms with Crippen molar-refractivity contribution in [1.29, 1.82) is 5.26 Å². The molecule has 0 unspecified atom stereocenters. The second kappa shape index (κ2) is 9.20. The Hall–Kier alpha value is -1.30. The van der Waals surface area contributed by atoms with E-state index >= 15 is 0 Å². The minimum atomic E-state index is -0.329. The molecule has 0 fully saturated rings. The van der Waals surface area contributed by atoms with Crippen LogP contribution in [0.2, 0.25) is 0 Å². The molecule has 0 aliphatic heterocycles. The molecule has 0 aromatic rings. The zero-order valence-electron chi connectivity index (χ0n) is 4.55. The molecule has 0 aliphatic rings. The highest BCUT2D eigenvalue weighted by Crippen LogP contribution is 1.70. The third-order valence-electron chi connectivity index (χ3n) is 0.249. The second-order valence-electron chi connectivity index (χ2n) is 0.776. The fraction of sp³-hybridized carbons (Fsp3) is 0.200. The van der Waals surface area contributed by atoms with Crippen LogP contribution in [-0.4, -0.2) is 5.97 Å². The lowest BCUT2D eigenvalue weighted by molar-refractivity contribution is -0.135. The van der Waals surface area contributed by atoms with Crippen molar-refractivity contribution >= 4 is 5.97 Å². The first-order valence-corrected chi connectivity index (χ1v) is 1.78. The van der Waals surface area contributed by atoms with Gasteiger partial charge in [-0.1, -0.05) is 6.58 Å². The van der Waals surface area contributed by atoms with Gasteiger partial charge in [-0.25, -0.2) is 0 Å². The molecule has 0 saturated carbocycles. The Kier molecular flexibility index (Phi) is 11.3. The van der Waals surface area contributed by atoms with Gasteiger partial charge in [0.1, 0.15) is 0 Å². The van der Waals surface area contributed by atoms with E-state index in [1.165, 1.54) is 6.92 Å². The first kappa shape index (κ1) is 9.85. The standard InChI is InChI=1S/C4H6O2.CN/c1-3-6-4(2)5;1-2/h3H,1H2,2H3;/q;-1. The zero-order valence-corrected chi connectivity index (χ0v) is 4.55. The molecule has 44 valence electrons. The maximum absolute atomic E-state index is 9.75. The summed E-state index contributed by atoms with van der Waals surface area (Å²) < 4.78 is 4.17. The number of nitrogens with zero attached hydrogens (tertiary/aromatic N) is 1. The summed E-state index contributed by atoms with van der Waals surface area (Å²) in [7, 11) is 0. The first-order chi connectivity index (χ1) is 3.77. The summed E-state index contributed by atoms with van der Waals surface area (Å²) in [6, 6.07) is 0. The van der Waals surface area contributed by atoms with Gasteiger partial charge in [-0.05, 0) is 0 Å². The SMILES string of the molecule is C=COC(C)=O.[C-]#N. The molecule has 0 aliphatic carbocycles. The van der Waals surface area contributed by atoms with Gasteiger partial charge in [-0.3, -0.25) is 4.79 Å². The normalized spacial score (nSPS) is 5.38. The van der Waals surface area contributed by atoms with Crippen LogP contribution in [-0.2, 0) is 9.53 Å². The lowest BCUT2D eigenvalue weighted by Crippen LogP contribution is -1.87. The molecule has 0 atom stereocenters. The summed E-state index contributed by atoms with van der Waals surface area (Å²) >= 11 is 0. The van der Waals surface area contributed by atoms with Crippen LogP contribution < -0.4 is 0 Å². The quantitative estimate of drug-likeness (QED) is 0.286. The molecule has 0 spiro atoms. The molecule has 0 rings (SSSR count). The molecule has 8 heavy (non-hydrogen) atoms. The van der Waals surface area contributed by atoms with E-state index < -0.39 is 0 Å². The van der Waals surface area contributed by atoms with Crippen LogP contribution in [0, 0.1) is 11.8 Å². The summed E-state index contributed by atoms with van der Waals surface area (Å²) in [6.07, 6.45) is 1.10. The van der Waals surface area contributed by atoms with E-state index in [2.05, 4.69) is 11.3 Å². The fourth-order valence-corrected chi connectivity index (χ4v) is 0.117. The molecule has 0 amide bonds. The molecule has 3 heteroatoms. The summed E-state index contributed by atoms with van der Waals surface area (Å²) in [6.45, 7) is 9.23. The van der Waals surface area contributed by atoms with Crippen LogP contribution in [0.25, 0.3) is 0 Å². The summed E-state index contributed by atoms with van der Waals surface area (Å²) in [5.41, 5.74) is 0. The van der Waals surface area contributed by atoms with Crippen molar-refractivity contribution in [2.24, 2.45) is 0 Å². The van der Waals surface area contributed by atoms with Crippen LogP contribution in [0.1, 0.15) is 6.92 Å². The number of carbonyl (C=O) groups excluding carboxylic acids is 1. The van der Waals surface area contributed by atoms with Gasteiger partial charge in [-0.15, -0.1) is 0 Å². The third kappa shape index (κ3) is 22.3. The van der Waals surface area contributed by atoms with Gasteiger partial charge in [-0.2, -0.15) is 0 Å². The Morgan fingerprint density at radius 2 is 2.25 bits per heavy atom. The highest BCUT2D eigenvalue weighted by Gasteiger charge is 1.79. The predicted molar refractivity (Wildman–Crippen MR) is 26.9 cm³/mol. The summed E-state index contributed by atoms with van der Waals surface area (Å²) in [5, 5.41) is 6.25. The van der Waals surface area contributed by atoms with E-state index in [-0.39, 0.29) is 5.97 Å². The van der Waals surface area contributed by atoms with Crippen molar-refractivity contribution in [3.63, 3.8) is 0 Å². The molecular formula is C5H6NO2-. The Labute approximate surface area is 48.2 Å². The third-order valence-corrected chi connectivity index (χ3v) is 0.249. The molecule has 0 aromatic heterocycles. The van der Waals surface area contributed by atoms with Crippen LogP contribution in [0.4, 0.5) is 0 Å². The minimum absolute atomic E-state index is 0.329. The second-order valence-corrected chi connectivity index (χ2v) is 0.776. The molecule has 0 saturated heterocycles. The fourth-order valence-electron chi connectivity index (χ4n) is 0.117. The number of rotatable bonds is 1. The van der Waals surface area contributed by atoms with Crippen molar-refractivity contribution in [2.45, 2.75) is 6.92 Å². The number of hydrogen-bond donors (Lipinski definition) is 0. The Balaban J connectivity index is 0. The molecule has 0 aromatic carbocycles. The van der Waals surface area contributed by atoms with Crippen molar-refractivity contribution in [3.8, 4) is 0 Å². The van der Waals surface area contributed by atoms with Gasteiger partial charge in [0.2, 0.25) is 0 Å². The highest BCUT2D eigenvalue weighted by atomic mass is 16.5. The van der Waals surface area contributed by atoms with Crippen LogP contribution >= 0.6 is 0 Å². The van der Waals surface area contributed by atoms with Crippen LogP contribution in [0.3, 0.4) is 0 Å². The van der Waals surface area contributed by atoms with Crippen molar-refractivity contribution in [1.82, 2.24) is 0 Å². The van der Waals surface area contributed by atoms with E-state index in [0.29, 0.717) is 0 Å². The molecule has 0 heterocycles. The van der Waals surface area contributed by atoms with Crippen molar-refractivity contribution < 1.29 is 9.53 Å². The molecule has 0 N–H and O–H groups in total. The number of esters is 1. The average Bonchev–Trinajstić information content (AvgIpc) is 1.72. The molecular weight excluding hydrogens is 106 g/mol. The van der Waals surface area contributed by atoms with Crippen LogP contribution in [0.15, 0.2) is 12.8 Å². The Bertz CT molecular complexity index is 95.8. The highest BCUT2D eigenvalue weighted by molar-refractivity contribution is 5.66. The smallest absolute Gasteiger partial charge is 0.307 e. The summed E-state index contributed by atoms with van der Waals surface area (Å²) in [4.78, 5) is 9.75. The predicted octanol–water partition coefficient (Wildman–Crippen LogP) is 0.789. The topological polar surface area (TPSA) is 50.1 Å². The van der Waals surface area contributed by atoms with Gasteiger partial charge in [0.25, 0.3) is 0 Å². The van der Waals surface area contributed by atoms with Crippen LogP contribution in [0.5, 0.6) is 0 Å². The van der Waals surface area contributed by atoms with Gasteiger partial charge in [0.15, 0.2) is 0 Å². The number of hydrogen-bond acceptors (Lipinski definition) is 3. The monoisotopic (exact) mass is 112 g/mol. The Morgan fingerprint density at radius 3 is 2.25 bits per heavy atom. The van der Waals surface area contributed by atoms with E-state index in [1.807, 2.05) is 0 Å². The number of ether oxygens (including phenoxy) is 1. The van der Waals surface area contributed by atoms with Gasteiger partial charge >= 0.3 is 5.97 Å². The van der Waals surface area contributed by atoms with Crippen molar-refractivity contribution in [2.75, 3.05) is 0 Å². The maximum Gasteiger partial charge on any atom is 0.307 e. The van der Waals surface area contributed by atoms with Gasteiger partial charge in [0.05, 0.1) is 6.26 Å². The Morgan fingerprint density at radius 1 is 1.88 bits per heavy atom. The van der Waals surface area contributed by atoms with E-state index in [1.54, 1.807) is 0 Å². The summed E-state index contributed by atoms with van der Waals surface area (Å²) in [5.74, 6) is -0.329. The maximum atomic E-state index is 9.75. The lowest BCUT2D eigenvalue weighted by Gasteiger charge is -1.83. The zero-order chi connectivity index (χ0) is 6.99. The van der Waals surface area contributed by atoms with Gasteiger partial charge < -0.3 is 16.6 Å². The lowest BCUT2D eigenvalue weighted by atomic mass is 10.8. The molecule has 0 radical (unpaired) electrons. The largest absolute Gasteiger partial charge is 0.512 e. The first-order valence-electron chi connectivity index (χ1n) is 1.78. The minimum Gasteiger partial charge on any atom is -0.512 e. The van der Waals surface area contributed by atoms with E-state index in [0.717, 1.165) is 6.26 Å². The average molecular weight is 112 g/mol. The van der Waals surface area contributed by atoms with Gasteiger partial charge in [0, 0.05) is 6.92 Å². The molecule has 0 bridgehead atoms. The molecule has 3 nitrogen and oxygen atoms in total.